The number of nitrogens with one attached hydrogen (secondary N) is 1. The summed E-state index contributed by atoms with van der Waals surface area (Å²) in [5.74, 6) is -2.75. The number of hydrogen-bond donors (Lipinski definition) is 2. The lowest BCUT2D eigenvalue weighted by Crippen LogP contribution is -2.47. The summed E-state index contributed by atoms with van der Waals surface area (Å²) in [6.45, 7) is 11.5. The summed E-state index contributed by atoms with van der Waals surface area (Å²) in [5, 5.41) is 18.0. The maximum Gasteiger partial charge on any atom is 0.459 e. The average molecular weight is 797 g/mol. The molecule has 0 spiro atoms. The Balaban J connectivity index is 1.55. The standard InChI is InChI=1S/C39H53N6O10P/c1-8-26(9-2)19-50-38(48)25(7)44-56(49,55-30-16-12-14-27-13-10-11-15-28(27)30)51-20-31-33(52-36(46)23(3)4)34(53-37(47)24(5)6)39(21-40,54-31)32-18-17-29-35(41)42-22-43-45(29)32/h12,14,16-18,22-26,31,33-34H,8-11,13,15,19-20H2,1-7H3,(H,44,49)(H2,41,42,43)/t25-,31+,33+,34+,39-,56+/m0/s1. The van der Waals surface area contributed by atoms with Crippen LogP contribution in [0.3, 0.4) is 0 Å². The number of carbonyl (C=O) groups is 3. The van der Waals surface area contributed by atoms with Gasteiger partial charge in [-0.25, -0.2) is 14.1 Å². The van der Waals surface area contributed by atoms with Gasteiger partial charge in [0.1, 0.15) is 35.8 Å². The van der Waals surface area contributed by atoms with E-state index in [4.69, 9.17) is 33.7 Å². The number of anilines is 1. The molecule has 304 valence electrons. The van der Waals surface area contributed by atoms with Crippen molar-refractivity contribution < 1.29 is 46.9 Å². The first kappa shape index (κ1) is 42.6. The van der Waals surface area contributed by atoms with Gasteiger partial charge in [0.2, 0.25) is 5.60 Å². The molecule has 1 aromatic carbocycles. The molecule has 1 fully saturated rings. The van der Waals surface area contributed by atoms with Crippen LogP contribution in [0.5, 0.6) is 5.75 Å². The normalized spacial score (nSPS) is 22.3. The number of aromatic nitrogens is 3. The lowest BCUT2D eigenvalue weighted by molar-refractivity contribution is -0.173. The zero-order chi connectivity index (χ0) is 40.8. The molecular formula is C39H53N6O10P. The number of aryl methyl sites for hydroxylation is 1. The minimum absolute atomic E-state index is 0.0982. The van der Waals surface area contributed by atoms with Crippen LogP contribution in [0.25, 0.3) is 5.52 Å². The fourth-order valence-corrected chi connectivity index (χ4v) is 8.23. The van der Waals surface area contributed by atoms with Crippen LogP contribution in [0.1, 0.15) is 91.0 Å². The van der Waals surface area contributed by atoms with Gasteiger partial charge in [0.15, 0.2) is 18.0 Å². The van der Waals surface area contributed by atoms with Gasteiger partial charge in [-0.05, 0) is 67.9 Å². The third kappa shape index (κ3) is 9.18. The van der Waals surface area contributed by atoms with Crippen molar-refractivity contribution in [1.29, 1.82) is 5.26 Å². The highest BCUT2D eigenvalue weighted by Crippen LogP contribution is 2.50. The summed E-state index contributed by atoms with van der Waals surface area (Å²) in [4.78, 5) is 43.8. The number of ether oxygens (including phenoxy) is 4. The van der Waals surface area contributed by atoms with Crippen molar-refractivity contribution in [3.05, 3.63) is 53.5 Å². The number of fused-ring (bicyclic) bond motifs is 2. The van der Waals surface area contributed by atoms with Crippen molar-refractivity contribution in [2.45, 2.75) is 117 Å². The van der Waals surface area contributed by atoms with Gasteiger partial charge in [-0.1, -0.05) is 66.5 Å². The van der Waals surface area contributed by atoms with Crippen molar-refractivity contribution in [3.63, 3.8) is 0 Å². The molecule has 1 saturated heterocycles. The van der Waals surface area contributed by atoms with E-state index in [0.717, 1.165) is 43.2 Å². The average Bonchev–Trinajstić information content (AvgIpc) is 3.74. The third-order valence-corrected chi connectivity index (χ3v) is 11.8. The van der Waals surface area contributed by atoms with Gasteiger partial charge >= 0.3 is 25.7 Å². The molecule has 6 atom stereocenters. The van der Waals surface area contributed by atoms with E-state index in [9.17, 15) is 24.2 Å². The number of rotatable bonds is 17. The monoisotopic (exact) mass is 796 g/mol. The van der Waals surface area contributed by atoms with Gasteiger partial charge < -0.3 is 29.2 Å². The number of nitriles is 1. The van der Waals surface area contributed by atoms with Crippen molar-refractivity contribution in [3.8, 4) is 11.8 Å². The molecule has 3 N–H and O–H groups in total. The minimum Gasteiger partial charge on any atom is -0.464 e. The first-order valence-corrected chi connectivity index (χ1v) is 20.8. The minimum atomic E-state index is -4.51. The summed E-state index contributed by atoms with van der Waals surface area (Å²) in [7, 11) is -4.51. The Morgan fingerprint density at radius 3 is 2.41 bits per heavy atom. The Morgan fingerprint density at radius 1 is 1.04 bits per heavy atom. The molecule has 1 aliphatic carbocycles. The zero-order valence-electron chi connectivity index (χ0n) is 33.1. The molecule has 1 aliphatic heterocycles. The SMILES string of the molecule is CCC(CC)COC(=O)[C@H](C)N[P@@](=O)(OC[C@H]1O[C@@](C#N)(c2ccc3c(N)ncnn23)[C@H](OC(=O)C(C)C)[C@@H]1OC(=O)C(C)C)Oc1cccc2c1CCCC2. The van der Waals surface area contributed by atoms with Crippen LogP contribution < -0.4 is 15.3 Å². The Labute approximate surface area is 327 Å². The van der Waals surface area contributed by atoms with E-state index in [1.54, 1.807) is 45.9 Å². The predicted octanol–water partition coefficient (Wildman–Crippen LogP) is 5.60. The molecule has 0 radical (unpaired) electrons. The molecule has 5 rings (SSSR count). The Morgan fingerprint density at radius 2 is 1.73 bits per heavy atom. The molecule has 17 heteroatoms. The lowest BCUT2D eigenvalue weighted by Gasteiger charge is -2.29. The Kier molecular flexibility index (Phi) is 13.8. The highest BCUT2D eigenvalue weighted by molar-refractivity contribution is 7.52. The summed E-state index contributed by atoms with van der Waals surface area (Å²) < 4.78 is 52.6. The Hall–Kier alpha value is -4.55. The van der Waals surface area contributed by atoms with Crippen LogP contribution in [-0.2, 0) is 60.9 Å². The molecule has 0 bridgehead atoms. The lowest BCUT2D eigenvalue weighted by atomic mass is 9.91. The number of nitrogen functional groups attached to an aromatic ring is 1. The maximum absolute atomic E-state index is 14.9. The van der Waals surface area contributed by atoms with Crippen molar-refractivity contribution in [2.75, 3.05) is 18.9 Å². The van der Waals surface area contributed by atoms with Crippen LogP contribution in [0.2, 0.25) is 0 Å². The van der Waals surface area contributed by atoms with Gasteiger partial charge in [-0.15, -0.1) is 0 Å². The number of nitrogens with two attached hydrogens (primary N) is 1. The fraction of sp³-hybridized carbons (Fsp3) is 0.590. The molecule has 3 heterocycles. The first-order chi connectivity index (χ1) is 26.7. The van der Waals surface area contributed by atoms with Crippen LogP contribution >= 0.6 is 7.75 Å². The molecular weight excluding hydrogens is 743 g/mol. The van der Waals surface area contributed by atoms with Gasteiger partial charge in [-0.3, -0.25) is 18.9 Å². The van der Waals surface area contributed by atoms with E-state index in [0.29, 0.717) is 17.7 Å². The third-order valence-electron chi connectivity index (χ3n) is 10.2. The second-order valence-corrected chi connectivity index (χ2v) is 16.6. The summed E-state index contributed by atoms with van der Waals surface area (Å²) in [6, 6.07) is 9.57. The van der Waals surface area contributed by atoms with E-state index in [1.165, 1.54) is 23.8 Å². The van der Waals surface area contributed by atoms with Crippen LogP contribution in [0, 0.1) is 29.1 Å². The number of esters is 3. The smallest absolute Gasteiger partial charge is 0.459 e. The molecule has 3 aromatic rings. The molecule has 16 nitrogen and oxygen atoms in total. The molecule has 0 saturated carbocycles. The highest BCUT2D eigenvalue weighted by Gasteiger charge is 2.63. The maximum atomic E-state index is 14.9. The van der Waals surface area contributed by atoms with Gasteiger partial charge in [-0.2, -0.15) is 15.4 Å². The summed E-state index contributed by atoms with van der Waals surface area (Å²) >= 11 is 0. The van der Waals surface area contributed by atoms with E-state index >= 15 is 0 Å². The summed E-state index contributed by atoms with van der Waals surface area (Å²) in [5.41, 5.74) is 6.32. The Bertz CT molecular complexity index is 1980. The van der Waals surface area contributed by atoms with E-state index in [-0.39, 0.29) is 24.0 Å². The molecule has 0 unspecified atom stereocenters. The molecule has 0 amide bonds. The van der Waals surface area contributed by atoms with Crippen molar-refractivity contribution in [1.82, 2.24) is 19.7 Å². The topological polar surface area (TPSA) is 216 Å². The quantitative estimate of drug-likeness (QED) is 0.0965. The number of carbonyl (C=O) groups excluding carboxylic acids is 3. The van der Waals surface area contributed by atoms with Crippen LogP contribution in [0.4, 0.5) is 5.82 Å². The fourth-order valence-electron chi connectivity index (χ4n) is 6.70. The van der Waals surface area contributed by atoms with E-state index in [2.05, 4.69) is 21.2 Å². The predicted molar refractivity (Wildman–Crippen MR) is 204 cm³/mol. The second-order valence-electron chi connectivity index (χ2n) is 14.9. The largest absolute Gasteiger partial charge is 0.464 e. The van der Waals surface area contributed by atoms with Gasteiger partial charge in [0, 0.05) is 0 Å². The van der Waals surface area contributed by atoms with Crippen molar-refractivity contribution >= 4 is 37.0 Å². The molecule has 2 aromatic heterocycles. The van der Waals surface area contributed by atoms with E-state index in [1.807, 2.05) is 19.9 Å². The van der Waals surface area contributed by atoms with Crippen LogP contribution in [0.15, 0.2) is 36.7 Å². The van der Waals surface area contributed by atoms with E-state index < -0.39 is 74.1 Å². The van der Waals surface area contributed by atoms with Crippen LogP contribution in [-0.4, -0.2) is 70.1 Å². The number of nitrogens with zero attached hydrogens (tertiary/aromatic N) is 4. The van der Waals surface area contributed by atoms with Gasteiger partial charge in [0.05, 0.1) is 30.7 Å². The summed E-state index contributed by atoms with van der Waals surface area (Å²) in [6.07, 6.45) is 1.82. The van der Waals surface area contributed by atoms with Gasteiger partial charge in [0.25, 0.3) is 0 Å². The molecule has 2 aliphatic rings. The first-order valence-electron chi connectivity index (χ1n) is 19.2. The highest BCUT2D eigenvalue weighted by atomic mass is 31.2. The second kappa shape index (κ2) is 18.1. The molecule has 56 heavy (non-hydrogen) atoms. The number of benzene rings is 1. The zero-order valence-corrected chi connectivity index (χ0v) is 34.0. The van der Waals surface area contributed by atoms with Crippen molar-refractivity contribution in [2.24, 2.45) is 17.8 Å². The number of hydrogen-bond acceptors (Lipinski definition) is 14.